The largest absolute Gasteiger partial charge is 0.302 e. The molecule has 1 heterocycles. The summed E-state index contributed by atoms with van der Waals surface area (Å²) in [6.45, 7) is 0. The van der Waals surface area contributed by atoms with Gasteiger partial charge in [0, 0.05) is 18.0 Å². The number of hydrogen-bond acceptors (Lipinski definition) is 5. The molecule has 1 amide bonds. The topological polar surface area (TPSA) is 76.1 Å². The molecule has 0 spiro atoms. The van der Waals surface area contributed by atoms with Gasteiger partial charge < -0.3 is 5.32 Å². The van der Waals surface area contributed by atoms with E-state index in [0.717, 1.165) is 12.1 Å². The molecule has 20 heavy (non-hydrogen) atoms. The minimum atomic E-state index is -3.60. The molecule has 0 atom stereocenters. The molecule has 8 heteroatoms. The lowest BCUT2D eigenvalue weighted by atomic mass is 10.4. The van der Waals surface area contributed by atoms with Crippen molar-refractivity contribution in [2.75, 3.05) is 11.1 Å². The molecule has 1 N–H and O–H groups in total. The number of halogens is 1. The van der Waals surface area contributed by atoms with Gasteiger partial charge in [-0.1, -0.05) is 0 Å². The zero-order valence-corrected chi connectivity index (χ0v) is 11.9. The zero-order chi connectivity index (χ0) is 14.6. The van der Waals surface area contributed by atoms with Gasteiger partial charge in [-0.3, -0.25) is 4.79 Å². The first-order chi connectivity index (χ1) is 9.47. The van der Waals surface area contributed by atoms with Gasteiger partial charge >= 0.3 is 0 Å². The van der Waals surface area contributed by atoms with E-state index in [4.69, 9.17) is 0 Å². The Hall–Kier alpha value is -1.80. The number of carbonyl (C=O) groups is 1. The fraction of sp³-hybridized carbons (Fsp3) is 0.167. The molecule has 2 aromatic rings. The van der Waals surface area contributed by atoms with Crippen LogP contribution in [0.4, 0.5) is 9.52 Å². The molecule has 0 unspecified atom stereocenters. The van der Waals surface area contributed by atoms with Crippen molar-refractivity contribution in [2.45, 2.75) is 11.3 Å². The summed E-state index contributed by atoms with van der Waals surface area (Å²) in [5.41, 5.74) is 0. The second kappa shape index (κ2) is 6.10. The number of rotatable bonds is 5. The van der Waals surface area contributed by atoms with Crippen LogP contribution >= 0.6 is 11.3 Å². The summed E-state index contributed by atoms with van der Waals surface area (Å²) in [4.78, 5) is 15.4. The smallest absolute Gasteiger partial charge is 0.227 e. The molecule has 0 aliphatic rings. The number of hydrogen-bond donors (Lipinski definition) is 1. The lowest BCUT2D eigenvalue weighted by Crippen LogP contribution is -2.17. The van der Waals surface area contributed by atoms with Gasteiger partial charge in [0.15, 0.2) is 15.0 Å². The highest BCUT2D eigenvalue weighted by molar-refractivity contribution is 7.91. The molecule has 0 aliphatic carbocycles. The third kappa shape index (κ3) is 3.84. The van der Waals surface area contributed by atoms with Crippen molar-refractivity contribution in [2.24, 2.45) is 0 Å². The first-order valence-corrected chi connectivity index (χ1v) is 8.18. The molecule has 0 saturated heterocycles. The van der Waals surface area contributed by atoms with Crippen LogP contribution in [-0.4, -0.2) is 25.1 Å². The highest BCUT2D eigenvalue weighted by atomic mass is 32.2. The fourth-order valence-corrected chi connectivity index (χ4v) is 3.24. The molecule has 0 radical (unpaired) electrons. The molecule has 106 valence electrons. The van der Waals surface area contributed by atoms with Crippen LogP contribution in [0.25, 0.3) is 0 Å². The molecular formula is C12H11FN2O3S2. The van der Waals surface area contributed by atoms with Gasteiger partial charge in [-0.05, 0) is 24.3 Å². The average Bonchev–Trinajstić information content (AvgIpc) is 2.90. The van der Waals surface area contributed by atoms with Crippen molar-refractivity contribution in [3.63, 3.8) is 0 Å². The molecule has 2 rings (SSSR count). The van der Waals surface area contributed by atoms with Gasteiger partial charge in [-0.25, -0.2) is 17.8 Å². The summed E-state index contributed by atoms with van der Waals surface area (Å²) < 4.78 is 36.6. The van der Waals surface area contributed by atoms with E-state index in [1.807, 2.05) is 0 Å². The Kier molecular flexibility index (Phi) is 4.46. The van der Waals surface area contributed by atoms with E-state index < -0.39 is 21.6 Å². The standard InChI is InChI=1S/C12H11FN2O3S2/c13-9-1-3-10(4-2-9)20(17,18)8-5-11(16)15-12-14-6-7-19-12/h1-4,6-7H,5,8H2,(H,14,15,16). The van der Waals surface area contributed by atoms with Gasteiger partial charge in [-0.15, -0.1) is 11.3 Å². The van der Waals surface area contributed by atoms with E-state index >= 15 is 0 Å². The SMILES string of the molecule is O=C(CCS(=O)(=O)c1ccc(F)cc1)Nc1nccs1. The van der Waals surface area contributed by atoms with E-state index in [2.05, 4.69) is 10.3 Å². The van der Waals surface area contributed by atoms with E-state index in [-0.39, 0.29) is 17.1 Å². The number of benzene rings is 1. The lowest BCUT2D eigenvalue weighted by molar-refractivity contribution is -0.115. The van der Waals surface area contributed by atoms with Crippen LogP contribution in [0.1, 0.15) is 6.42 Å². The average molecular weight is 314 g/mol. The zero-order valence-electron chi connectivity index (χ0n) is 10.2. The quantitative estimate of drug-likeness (QED) is 0.857. The van der Waals surface area contributed by atoms with Crippen molar-refractivity contribution in [3.05, 3.63) is 41.7 Å². The molecule has 0 fully saturated rings. The van der Waals surface area contributed by atoms with Gasteiger partial charge in [-0.2, -0.15) is 0 Å². The normalized spacial score (nSPS) is 11.2. The molecule has 0 aliphatic heterocycles. The summed E-state index contributed by atoms with van der Waals surface area (Å²) in [7, 11) is -3.60. The lowest BCUT2D eigenvalue weighted by Gasteiger charge is -2.04. The number of sulfone groups is 1. The minimum Gasteiger partial charge on any atom is -0.302 e. The second-order valence-corrected chi connectivity index (χ2v) is 6.91. The van der Waals surface area contributed by atoms with Crippen LogP contribution in [0, 0.1) is 5.82 Å². The minimum absolute atomic E-state index is 0.000878. The van der Waals surface area contributed by atoms with Crippen LogP contribution in [-0.2, 0) is 14.6 Å². The number of nitrogens with one attached hydrogen (secondary N) is 1. The van der Waals surface area contributed by atoms with Gasteiger partial charge in [0.25, 0.3) is 0 Å². The van der Waals surface area contributed by atoms with Crippen LogP contribution in [0.15, 0.2) is 40.7 Å². The first-order valence-electron chi connectivity index (χ1n) is 5.65. The summed E-state index contributed by atoms with van der Waals surface area (Å²) in [6.07, 6.45) is 1.36. The number of thiazole rings is 1. The van der Waals surface area contributed by atoms with Gasteiger partial charge in [0.05, 0.1) is 10.6 Å². The van der Waals surface area contributed by atoms with E-state index in [1.165, 1.54) is 29.7 Å². The number of carbonyl (C=O) groups excluding carboxylic acids is 1. The Labute approximate surface area is 119 Å². The number of aromatic nitrogens is 1. The van der Waals surface area contributed by atoms with E-state index in [1.54, 1.807) is 5.38 Å². The van der Waals surface area contributed by atoms with E-state index in [0.29, 0.717) is 5.13 Å². The van der Waals surface area contributed by atoms with Crippen molar-refractivity contribution < 1.29 is 17.6 Å². The monoisotopic (exact) mass is 314 g/mol. The van der Waals surface area contributed by atoms with Crippen LogP contribution in [0.3, 0.4) is 0 Å². The molecule has 1 aromatic heterocycles. The highest BCUT2D eigenvalue weighted by Gasteiger charge is 2.16. The predicted octanol–water partition coefficient (Wildman–Crippen LogP) is 2.08. The van der Waals surface area contributed by atoms with Crippen molar-refractivity contribution in [1.29, 1.82) is 0 Å². The van der Waals surface area contributed by atoms with E-state index in [9.17, 15) is 17.6 Å². The third-order valence-electron chi connectivity index (χ3n) is 2.45. The first kappa shape index (κ1) is 14.6. The summed E-state index contributed by atoms with van der Waals surface area (Å²) >= 11 is 1.25. The van der Waals surface area contributed by atoms with Crippen LogP contribution < -0.4 is 5.32 Å². The molecule has 0 saturated carbocycles. The van der Waals surface area contributed by atoms with Crippen molar-refractivity contribution in [3.8, 4) is 0 Å². The predicted molar refractivity (Wildman–Crippen MR) is 73.8 cm³/mol. The molecule has 5 nitrogen and oxygen atoms in total. The third-order valence-corrected chi connectivity index (χ3v) is 4.87. The van der Waals surface area contributed by atoms with Crippen LogP contribution in [0.2, 0.25) is 0 Å². The number of nitrogens with zero attached hydrogens (tertiary/aromatic N) is 1. The molecule has 1 aromatic carbocycles. The Morgan fingerprint density at radius 3 is 2.60 bits per heavy atom. The number of anilines is 1. The van der Waals surface area contributed by atoms with Gasteiger partial charge in [0.1, 0.15) is 5.82 Å². The maximum atomic E-state index is 12.7. The maximum Gasteiger partial charge on any atom is 0.227 e. The highest BCUT2D eigenvalue weighted by Crippen LogP contribution is 2.14. The molecule has 0 bridgehead atoms. The Morgan fingerprint density at radius 2 is 2.00 bits per heavy atom. The Balaban J connectivity index is 1.95. The van der Waals surface area contributed by atoms with Crippen molar-refractivity contribution in [1.82, 2.24) is 4.98 Å². The summed E-state index contributed by atoms with van der Waals surface area (Å²) in [6, 6.07) is 4.51. The Bertz CT molecular complexity index is 682. The second-order valence-electron chi connectivity index (χ2n) is 3.91. The summed E-state index contributed by atoms with van der Waals surface area (Å²) in [5, 5.41) is 4.62. The van der Waals surface area contributed by atoms with Gasteiger partial charge in [0.2, 0.25) is 5.91 Å². The van der Waals surface area contributed by atoms with Crippen molar-refractivity contribution >= 4 is 32.2 Å². The summed E-state index contributed by atoms with van der Waals surface area (Å²) in [5.74, 6) is -1.27. The maximum absolute atomic E-state index is 12.7. The van der Waals surface area contributed by atoms with Crippen LogP contribution in [0.5, 0.6) is 0 Å². The number of amides is 1. The fourth-order valence-electron chi connectivity index (χ4n) is 1.45. The Morgan fingerprint density at radius 1 is 1.30 bits per heavy atom. The molecular weight excluding hydrogens is 303 g/mol.